The van der Waals surface area contributed by atoms with Crippen LogP contribution in [0.5, 0.6) is 0 Å². The van der Waals surface area contributed by atoms with Crippen molar-refractivity contribution in [2.75, 3.05) is 18.5 Å². The highest BCUT2D eigenvalue weighted by molar-refractivity contribution is 5.79. The number of hydrogen-bond donors (Lipinski definition) is 2. The van der Waals surface area contributed by atoms with Crippen molar-refractivity contribution < 1.29 is 36.2 Å². The van der Waals surface area contributed by atoms with Crippen molar-refractivity contribution in [2.24, 2.45) is 0 Å². The fraction of sp³-hybridized carbons (Fsp3) is 0.560. The first-order chi connectivity index (χ1) is 17.4. The Morgan fingerprint density at radius 1 is 1.16 bits per heavy atom. The zero-order valence-electron chi connectivity index (χ0n) is 20.5. The lowest BCUT2D eigenvalue weighted by atomic mass is 9.92. The van der Waals surface area contributed by atoms with E-state index in [0.717, 1.165) is 12.1 Å². The van der Waals surface area contributed by atoms with Crippen molar-refractivity contribution in [3.63, 3.8) is 0 Å². The summed E-state index contributed by atoms with van der Waals surface area (Å²) >= 11 is 0. The van der Waals surface area contributed by atoms with Crippen molar-refractivity contribution in [3.8, 4) is 0 Å². The third kappa shape index (κ3) is 6.92. The molecule has 2 heterocycles. The van der Waals surface area contributed by atoms with Crippen LogP contribution in [0.4, 0.5) is 27.8 Å². The van der Waals surface area contributed by atoms with E-state index >= 15 is 0 Å². The van der Waals surface area contributed by atoms with Gasteiger partial charge in [-0.05, 0) is 44.4 Å². The number of anilines is 1. The minimum absolute atomic E-state index is 0.165. The maximum absolute atomic E-state index is 13.5. The SMILES string of the molecule is Cc1nc(CC(=O)NC2CCC(F)(F)CC2)c(C2OCCO2)c(N[C@H](C)c2cccc(C(F)(F)F)c2)n1. The third-order valence-electron chi connectivity index (χ3n) is 6.47. The van der Waals surface area contributed by atoms with Gasteiger partial charge in [-0.15, -0.1) is 0 Å². The molecule has 0 radical (unpaired) electrons. The molecule has 2 fully saturated rings. The average Bonchev–Trinajstić information content (AvgIpc) is 3.34. The van der Waals surface area contributed by atoms with Gasteiger partial charge in [-0.1, -0.05) is 12.1 Å². The highest BCUT2D eigenvalue weighted by Gasteiger charge is 2.36. The van der Waals surface area contributed by atoms with Gasteiger partial charge in [0.15, 0.2) is 6.29 Å². The predicted octanol–water partition coefficient (Wildman–Crippen LogP) is 5.26. The molecule has 2 aliphatic rings. The quantitative estimate of drug-likeness (QED) is 0.477. The Morgan fingerprint density at radius 3 is 2.49 bits per heavy atom. The third-order valence-corrected chi connectivity index (χ3v) is 6.47. The highest BCUT2D eigenvalue weighted by Crippen LogP contribution is 2.36. The van der Waals surface area contributed by atoms with Gasteiger partial charge in [-0.2, -0.15) is 13.2 Å². The van der Waals surface area contributed by atoms with Crippen molar-refractivity contribution in [1.29, 1.82) is 0 Å². The Bertz CT molecular complexity index is 1110. The number of nitrogens with zero attached hydrogens (tertiary/aromatic N) is 2. The summed E-state index contributed by atoms with van der Waals surface area (Å²) in [7, 11) is 0. The average molecular weight is 529 g/mol. The summed E-state index contributed by atoms with van der Waals surface area (Å²) in [4.78, 5) is 21.7. The molecule has 202 valence electrons. The Labute approximate surface area is 211 Å². The number of aryl methyl sites for hydroxylation is 1. The number of halogens is 5. The van der Waals surface area contributed by atoms with Crippen LogP contribution in [0.1, 0.15) is 73.1 Å². The molecule has 2 N–H and O–H groups in total. The maximum Gasteiger partial charge on any atom is 0.416 e. The molecular formula is C25H29F5N4O3. The van der Waals surface area contributed by atoms with Crippen molar-refractivity contribution >= 4 is 11.7 Å². The van der Waals surface area contributed by atoms with Crippen LogP contribution in [-0.2, 0) is 26.9 Å². The van der Waals surface area contributed by atoms with Crippen LogP contribution in [0, 0.1) is 6.92 Å². The number of rotatable bonds is 7. The highest BCUT2D eigenvalue weighted by atomic mass is 19.4. The van der Waals surface area contributed by atoms with Crippen molar-refractivity contribution in [3.05, 3.63) is 52.5 Å². The van der Waals surface area contributed by atoms with Crippen molar-refractivity contribution in [2.45, 2.75) is 76.4 Å². The number of ether oxygens (including phenoxy) is 2. The molecule has 0 unspecified atom stereocenters. The molecule has 7 nitrogen and oxygen atoms in total. The van der Waals surface area contributed by atoms with Gasteiger partial charge in [-0.25, -0.2) is 18.7 Å². The number of hydrogen-bond acceptors (Lipinski definition) is 6. The van der Waals surface area contributed by atoms with E-state index in [2.05, 4.69) is 20.6 Å². The molecule has 1 aromatic carbocycles. The summed E-state index contributed by atoms with van der Waals surface area (Å²) < 4.78 is 77.9. The number of amides is 1. The first-order valence-electron chi connectivity index (χ1n) is 12.1. The number of alkyl halides is 5. The molecule has 1 atom stereocenters. The fourth-order valence-electron chi connectivity index (χ4n) is 4.54. The maximum atomic E-state index is 13.5. The molecule has 4 rings (SSSR count). The molecule has 2 aromatic rings. The Morgan fingerprint density at radius 2 is 1.84 bits per heavy atom. The number of aromatic nitrogens is 2. The first kappa shape index (κ1) is 27.2. The van der Waals surface area contributed by atoms with Crippen LogP contribution >= 0.6 is 0 Å². The second-order valence-corrected chi connectivity index (χ2v) is 9.42. The monoisotopic (exact) mass is 528 g/mol. The van der Waals surface area contributed by atoms with Crippen LogP contribution in [0.25, 0.3) is 0 Å². The van der Waals surface area contributed by atoms with Gasteiger partial charge in [0.25, 0.3) is 0 Å². The summed E-state index contributed by atoms with van der Waals surface area (Å²) in [5.41, 5.74) is 0.334. The summed E-state index contributed by atoms with van der Waals surface area (Å²) in [5.74, 6) is -2.47. The van der Waals surface area contributed by atoms with E-state index < -0.39 is 30.0 Å². The molecular weight excluding hydrogens is 499 g/mol. The van der Waals surface area contributed by atoms with Crippen LogP contribution in [0.15, 0.2) is 24.3 Å². The Kier molecular flexibility index (Phi) is 7.98. The standard InChI is InChI=1S/C25H29F5N4O3/c1-14(16-4-3-5-17(12-16)25(28,29)30)31-22-21(23-36-10-11-37-23)19(32-15(2)33-22)13-20(35)34-18-6-8-24(26,27)9-7-18/h3-5,12,14,18,23H,6-11,13H2,1-2H3,(H,34,35)(H,31,32,33)/t14-/m1/s1. The van der Waals surface area contributed by atoms with Gasteiger partial charge >= 0.3 is 6.18 Å². The number of carbonyl (C=O) groups is 1. The molecule has 12 heteroatoms. The van der Waals surface area contributed by atoms with E-state index in [-0.39, 0.29) is 49.9 Å². The summed E-state index contributed by atoms with van der Waals surface area (Å²) in [6.07, 6.45) is -5.70. The van der Waals surface area contributed by atoms with Gasteiger partial charge in [0.2, 0.25) is 11.8 Å². The van der Waals surface area contributed by atoms with E-state index in [0.29, 0.717) is 35.9 Å². The topological polar surface area (TPSA) is 85.4 Å². The second kappa shape index (κ2) is 10.9. The van der Waals surface area contributed by atoms with E-state index in [9.17, 15) is 26.7 Å². The molecule has 0 bridgehead atoms. The lowest BCUT2D eigenvalue weighted by Gasteiger charge is -2.29. The van der Waals surface area contributed by atoms with Gasteiger partial charge in [0.05, 0.1) is 36.5 Å². The van der Waals surface area contributed by atoms with Crippen molar-refractivity contribution in [1.82, 2.24) is 15.3 Å². The van der Waals surface area contributed by atoms with Gasteiger partial charge in [0, 0.05) is 24.9 Å². The minimum atomic E-state index is -4.48. The molecule has 1 amide bonds. The van der Waals surface area contributed by atoms with E-state index in [1.165, 1.54) is 6.07 Å². The van der Waals surface area contributed by atoms with E-state index in [1.807, 2.05) is 0 Å². The smallest absolute Gasteiger partial charge is 0.363 e. The largest absolute Gasteiger partial charge is 0.416 e. The molecule has 1 aromatic heterocycles. The van der Waals surface area contributed by atoms with Gasteiger partial charge < -0.3 is 20.1 Å². The van der Waals surface area contributed by atoms with E-state index in [1.54, 1.807) is 19.9 Å². The molecule has 37 heavy (non-hydrogen) atoms. The Hall–Kier alpha value is -2.86. The van der Waals surface area contributed by atoms with Gasteiger partial charge in [-0.3, -0.25) is 4.79 Å². The summed E-state index contributed by atoms with van der Waals surface area (Å²) in [5, 5.41) is 5.94. The molecule has 1 aliphatic carbocycles. The molecule has 0 spiro atoms. The number of nitrogens with one attached hydrogen (secondary N) is 2. The first-order valence-corrected chi connectivity index (χ1v) is 12.1. The van der Waals surface area contributed by atoms with Crippen LogP contribution < -0.4 is 10.6 Å². The zero-order chi connectivity index (χ0) is 26.8. The lowest BCUT2D eigenvalue weighted by Crippen LogP contribution is -2.41. The van der Waals surface area contributed by atoms with Crippen LogP contribution in [-0.4, -0.2) is 41.1 Å². The van der Waals surface area contributed by atoms with Gasteiger partial charge in [0.1, 0.15) is 11.6 Å². The fourth-order valence-corrected chi connectivity index (χ4v) is 4.54. The molecule has 1 saturated carbocycles. The van der Waals surface area contributed by atoms with Crippen LogP contribution in [0.2, 0.25) is 0 Å². The molecule has 1 saturated heterocycles. The normalized spacial score (nSPS) is 19.5. The summed E-state index contributed by atoms with van der Waals surface area (Å²) in [6, 6.07) is 4.04. The van der Waals surface area contributed by atoms with Crippen LogP contribution in [0.3, 0.4) is 0 Å². The summed E-state index contributed by atoms with van der Waals surface area (Å²) in [6.45, 7) is 3.94. The van der Waals surface area contributed by atoms with E-state index in [4.69, 9.17) is 9.47 Å². The lowest BCUT2D eigenvalue weighted by molar-refractivity contribution is -0.137. The minimum Gasteiger partial charge on any atom is -0.363 e. The number of carbonyl (C=O) groups excluding carboxylic acids is 1. The number of benzene rings is 1. The predicted molar refractivity (Wildman–Crippen MR) is 124 cm³/mol. The molecule has 1 aliphatic heterocycles. The second-order valence-electron chi connectivity index (χ2n) is 9.42. The zero-order valence-corrected chi connectivity index (χ0v) is 20.5. The Balaban J connectivity index is 1.57.